The van der Waals surface area contributed by atoms with Crippen molar-refractivity contribution in [3.8, 4) is 5.75 Å². The summed E-state index contributed by atoms with van der Waals surface area (Å²) in [7, 11) is 3.48. The molecule has 0 bridgehead atoms. The third kappa shape index (κ3) is 3.62. The predicted molar refractivity (Wildman–Crippen MR) is 75.8 cm³/mol. The van der Waals surface area contributed by atoms with E-state index in [1.54, 1.807) is 36.1 Å². The van der Waals surface area contributed by atoms with Gasteiger partial charge in [-0.3, -0.25) is 9.69 Å². The van der Waals surface area contributed by atoms with Gasteiger partial charge in [0.25, 0.3) is 0 Å². The molecule has 0 unspecified atom stereocenters. The van der Waals surface area contributed by atoms with Crippen molar-refractivity contribution in [2.45, 2.75) is 6.54 Å². The van der Waals surface area contributed by atoms with E-state index in [9.17, 15) is 4.79 Å². The molecule has 0 spiro atoms. The number of hydrogen-bond donors (Lipinski definition) is 0. The van der Waals surface area contributed by atoms with Gasteiger partial charge in [0.15, 0.2) is 5.78 Å². The lowest BCUT2D eigenvalue weighted by molar-refractivity contribution is 0.0939. The molecule has 100 valence electrons. The van der Waals surface area contributed by atoms with Crippen LogP contribution >= 0.6 is 11.3 Å². The van der Waals surface area contributed by atoms with Crippen molar-refractivity contribution in [2.24, 2.45) is 0 Å². The second-order valence-electron chi connectivity index (χ2n) is 4.28. The second kappa shape index (κ2) is 6.45. The summed E-state index contributed by atoms with van der Waals surface area (Å²) in [6.45, 7) is 1.02. The highest BCUT2D eigenvalue weighted by atomic mass is 32.1. The van der Waals surface area contributed by atoms with Crippen LogP contribution in [0.25, 0.3) is 0 Å². The number of nitrogens with zero attached hydrogens (tertiary/aromatic N) is 2. The zero-order valence-electron chi connectivity index (χ0n) is 11.0. The Bertz CT molecular complexity index is 540. The maximum Gasteiger partial charge on any atom is 0.180 e. The summed E-state index contributed by atoms with van der Waals surface area (Å²) in [6, 6.07) is 7.29. The molecule has 1 heterocycles. The van der Waals surface area contributed by atoms with E-state index in [1.165, 1.54) is 0 Å². The zero-order chi connectivity index (χ0) is 13.7. The molecule has 2 rings (SSSR count). The molecule has 0 aliphatic heterocycles. The SMILES string of the molecule is COc1ccccc1C(=O)CN(C)Cc1cscn1. The van der Waals surface area contributed by atoms with E-state index in [0.717, 1.165) is 5.69 Å². The van der Waals surface area contributed by atoms with Crippen LogP contribution < -0.4 is 4.74 Å². The van der Waals surface area contributed by atoms with Gasteiger partial charge >= 0.3 is 0 Å². The van der Waals surface area contributed by atoms with Gasteiger partial charge in [-0.25, -0.2) is 4.98 Å². The molecule has 0 aliphatic rings. The summed E-state index contributed by atoms with van der Waals surface area (Å²) < 4.78 is 5.20. The minimum absolute atomic E-state index is 0.0511. The van der Waals surface area contributed by atoms with Crippen LogP contribution in [0, 0.1) is 0 Å². The normalized spacial score (nSPS) is 10.7. The van der Waals surface area contributed by atoms with Gasteiger partial charge in [-0.15, -0.1) is 11.3 Å². The molecule has 0 amide bonds. The molecule has 5 heteroatoms. The van der Waals surface area contributed by atoms with Crippen LogP contribution in [0.5, 0.6) is 5.75 Å². The van der Waals surface area contributed by atoms with Gasteiger partial charge < -0.3 is 4.74 Å². The minimum atomic E-state index is 0.0511. The van der Waals surface area contributed by atoms with Gasteiger partial charge in [0.05, 0.1) is 30.4 Å². The molecule has 0 saturated carbocycles. The lowest BCUT2D eigenvalue weighted by Crippen LogP contribution is -2.26. The van der Waals surface area contributed by atoms with Crippen molar-refractivity contribution in [1.82, 2.24) is 9.88 Å². The third-order valence-corrected chi connectivity index (χ3v) is 3.37. The van der Waals surface area contributed by atoms with Crippen LogP contribution in [0.2, 0.25) is 0 Å². The van der Waals surface area contributed by atoms with Gasteiger partial charge in [0.1, 0.15) is 5.75 Å². The molecule has 1 aromatic carbocycles. The summed E-state index contributed by atoms with van der Waals surface area (Å²) in [5.74, 6) is 0.671. The van der Waals surface area contributed by atoms with Crippen molar-refractivity contribution in [3.63, 3.8) is 0 Å². The Labute approximate surface area is 116 Å². The fourth-order valence-electron chi connectivity index (χ4n) is 1.85. The predicted octanol–water partition coefficient (Wildman–Crippen LogP) is 2.47. The molecule has 4 nitrogen and oxygen atoms in total. The maximum atomic E-state index is 12.2. The summed E-state index contributed by atoms with van der Waals surface area (Å²) in [5.41, 5.74) is 3.40. The molecule has 0 radical (unpaired) electrons. The minimum Gasteiger partial charge on any atom is -0.496 e. The third-order valence-electron chi connectivity index (χ3n) is 2.74. The number of carbonyl (C=O) groups excluding carboxylic acids is 1. The Morgan fingerprint density at radius 2 is 2.21 bits per heavy atom. The number of methoxy groups -OCH3 is 1. The Balaban J connectivity index is 2.00. The molecular formula is C14H16N2O2S. The van der Waals surface area contributed by atoms with Gasteiger partial charge in [0.2, 0.25) is 0 Å². The fraction of sp³-hybridized carbons (Fsp3) is 0.286. The summed E-state index contributed by atoms with van der Waals surface area (Å²) >= 11 is 1.56. The van der Waals surface area contributed by atoms with Crippen molar-refractivity contribution in [1.29, 1.82) is 0 Å². The molecule has 0 fully saturated rings. The first-order chi connectivity index (χ1) is 9.20. The van der Waals surface area contributed by atoms with Crippen LogP contribution in [0.1, 0.15) is 16.1 Å². The number of likely N-dealkylation sites (N-methyl/N-ethyl adjacent to an activating group) is 1. The van der Waals surface area contributed by atoms with Crippen LogP contribution in [0.4, 0.5) is 0 Å². The standard InChI is InChI=1S/C14H16N2O2S/c1-16(7-11-9-19-10-15-11)8-13(17)12-5-3-4-6-14(12)18-2/h3-6,9-10H,7-8H2,1-2H3. The average molecular weight is 276 g/mol. The number of benzene rings is 1. The largest absolute Gasteiger partial charge is 0.496 e. The highest BCUT2D eigenvalue weighted by Gasteiger charge is 2.14. The summed E-state index contributed by atoms with van der Waals surface area (Å²) in [5, 5.41) is 1.99. The van der Waals surface area contributed by atoms with Gasteiger partial charge in [-0.05, 0) is 19.2 Å². The van der Waals surface area contributed by atoms with E-state index in [0.29, 0.717) is 24.4 Å². The average Bonchev–Trinajstić information content (AvgIpc) is 2.91. The van der Waals surface area contributed by atoms with Crippen molar-refractivity contribution in [3.05, 3.63) is 46.4 Å². The van der Waals surface area contributed by atoms with Crippen molar-refractivity contribution < 1.29 is 9.53 Å². The Hall–Kier alpha value is -1.72. The number of para-hydroxylation sites is 1. The number of aromatic nitrogens is 1. The van der Waals surface area contributed by atoms with Gasteiger partial charge in [-0.2, -0.15) is 0 Å². The van der Waals surface area contributed by atoms with E-state index in [2.05, 4.69) is 4.98 Å². The number of Topliss-reactive ketones (excluding diaryl/α,β-unsaturated/α-hetero) is 1. The molecule has 0 aliphatic carbocycles. The maximum absolute atomic E-state index is 12.2. The van der Waals surface area contributed by atoms with E-state index < -0.39 is 0 Å². The molecular weight excluding hydrogens is 260 g/mol. The smallest absolute Gasteiger partial charge is 0.180 e. The van der Waals surface area contributed by atoms with Crippen molar-refractivity contribution >= 4 is 17.1 Å². The first kappa shape index (κ1) is 13.7. The Morgan fingerprint density at radius 3 is 2.89 bits per heavy atom. The molecule has 1 aromatic heterocycles. The molecule has 0 saturated heterocycles. The van der Waals surface area contributed by atoms with Crippen molar-refractivity contribution in [2.75, 3.05) is 20.7 Å². The van der Waals surface area contributed by atoms with Gasteiger partial charge in [0, 0.05) is 11.9 Å². The van der Waals surface area contributed by atoms with Crippen LogP contribution in [-0.4, -0.2) is 36.4 Å². The lowest BCUT2D eigenvalue weighted by Gasteiger charge is -2.15. The number of ether oxygens (including phenoxy) is 1. The van der Waals surface area contributed by atoms with Gasteiger partial charge in [-0.1, -0.05) is 12.1 Å². The number of hydrogen-bond acceptors (Lipinski definition) is 5. The first-order valence-electron chi connectivity index (χ1n) is 5.92. The van der Waals surface area contributed by atoms with Crippen LogP contribution in [-0.2, 0) is 6.54 Å². The van der Waals surface area contributed by atoms with E-state index in [1.807, 2.05) is 29.5 Å². The fourth-order valence-corrected chi connectivity index (χ4v) is 2.40. The summed E-state index contributed by atoms with van der Waals surface area (Å²) in [6.07, 6.45) is 0. The summed E-state index contributed by atoms with van der Waals surface area (Å²) in [4.78, 5) is 18.4. The molecule has 2 aromatic rings. The highest BCUT2D eigenvalue weighted by molar-refractivity contribution is 7.07. The van der Waals surface area contributed by atoms with E-state index in [-0.39, 0.29) is 5.78 Å². The topological polar surface area (TPSA) is 42.4 Å². The Morgan fingerprint density at radius 1 is 1.42 bits per heavy atom. The molecule has 0 N–H and O–H groups in total. The zero-order valence-corrected chi connectivity index (χ0v) is 11.8. The van der Waals surface area contributed by atoms with Crippen LogP contribution in [0.3, 0.4) is 0 Å². The first-order valence-corrected chi connectivity index (χ1v) is 6.87. The van der Waals surface area contributed by atoms with Crippen LogP contribution in [0.15, 0.2) is 35.2 Å². The lowest BCUT2D eigenvalue weighted by atomic mass is 10.1. The highest BCUT2D eigenvalue weighted by Crippen LogP contribution is 2.18. The second-order valence-corrected chi connectivity index (χ2v) is 4.99. The Kier molecular flexibility index (Phi) is 4.65. The number of ketones is 1. The molecule has 0 atom stereocenters. The number of rotatable bonds is 6. The monoisotopic (exact) mass is 276 g/mol. The number of carbonyl (C=O) groups is 1. The van der Waals surface area contributed by atoms with E-state index in [4.69, 9.17) is 4.74 Å². The number of thiazole rings is 1. The molecule has 19 heavy (non-hydrogen) atoms. The van der Waals surface area contributed by atoms with E-state index >= 15 is 0 Å². The quantitative estimate of drug-likeness (QED) is 0.760.